The molecule has 0 radical (unpaired) electrons. The summed E-state index contributed by atoms with van der Waals surface area (Å²) in [4.78, 5) is 22.2. The molecule has 4 nitrogen and oxygen atoms in total. The Balaban J connectivity index is 3.50. The van der Waals surface area contributed by atoms with Crippen molar-refractivity contribution in [1.82, 2.24) is 4.57 Å². The molecule has 88 valence electrons. The van der Waals surface area contributed by atoms with E-state index in [-0.39, 0.29) is 5.69 Å². The number of carboxylic acids is 1. The second kappa shape index (κ2) is 4.96. The maximum absolute atomic E-state index is 11.2. The highest BCUT2D eigenvalue weighted by Gasteiger charge is 2.22. The smallest absolute Gasteiger partial charge is 0.352 e. The Bertz CT molecular complexity index is 418. The van der Waals surface area contributed by atoms with E-state index in [2.05, 4.69) is 0 Å². The van der Waals surface area contributed by atoms with Crippen LogP contribution in [0.2, 0.25) is 0 Å². The molecule has 0 bridgehead atoms. The Morgan fingerprint density at radius 2 is 2.06 bits per heavy atom. The lowest BCUT2D eigenvalue weighted by Crippen LogP contribution is -2.10. The highest BCUT2D eigenvalue weighted by molar-refractivity contribution is 5.93. The summed E-state index contributed by atoms with van der Waals surface area (Å²) in [6.07, 6.45) is 2.39. The maximum atomic E-state index is 11.2. The molecule has 1 aromatic heterocycles. The van der Waals surface area contributed by atoms with Gasteiger partial charge < -0.3 is 9.67 Å². The van der Waals surface area contributed by atoms with Crippen molar-refractivity contribution in [3.63, 3.8) is 0 Å². The third-order valence-electron chi connectivity index (χ3n) is 2.79. The molecule has 4 heteroatoms. The molecule has 1 aromatic rings. The van der Waals surface area contributed by atoms with Gasteiger partial charge >= 0.3 is 5.97 Å². The fraction of sp³-hybridized carbons (Fsp3) is 0.500. The Hall–Kier alpha value is -1.58. The van der Waals surface area contributed by atoms with Crippen LogP contribution in [0.3, 0.4) is 0 Å². The molecule has 1 N–H and O–H groups in total. The number of aromatic nitrogens is 1. The average molecular weight is 223 g/mol. The largest absolute Gasteiger partial charge is 0.477 e. The zero-order chi connectivity index (χ0) is 12.3. The lowest BCUT2D eigenvalue weighted by molar-refractivity contribution is 0.0684. The zero-order valence-electron chi connectivity index (χ0n) is 9.91. The topological polar surface area (TPSA) is 59.3 Å². The van der Waals surface area contributed by atoms with Crippen molar-refractivity contribution in [1.29, 1.82) is 0 Å². The van der Waals surface area contributed by atoms with Gasteiger partial charge in [0.2, 0.25) is 0 Å². The Morgan fingerprint density at radius 1 is 1.44 bits per heavy atom. The molecule has 0 aliphatic carbocycles. The summed E-state index contributed by atoms with van der Waals surface area (Å²) in [7, 11) is 0. The van der Waals surface area contributed by atoms with Gasteiger partial charge in [-0.3, -0.25) is 4.79 Å². The van der Waals surface area contributed by atoms with E-state index >= 15 is 0 Å². The predicted molar refractivity (Wildman–Crippen MR) is 61.2 cm³/mol. The lowest BCUT2D eigenvalue weighted by Gasteiger charge is -2.08. The fourth-order valence-corrected chi connectivity index (χ4v) is 2.11. The van der Waals surface area contributed by atoms with Crippen molar-refractivity contribution in [2.75, 3.05) is 0 Å². The van der Waals surface area contributed by atoms with Crippen molar-refractivity contribution in [3.05, 3.63) is 22.5 Å². The zero-order valence-corrected chi connectivity index (χ0v) is 9.91. The molecule has 0 saturated carbocycles. The van der Waals surface area contributed by atoms with Crippen LogP contribution in [0.4, 0.5) is 0 Å². The molecule has 1 heterocycles. The number of carbonyl (C=O) groups excluding carboxylic acids is 1. The van der Waals surface area contributed by atoms with Gasteiger partial charge in [0, 0.05) is 17.8 Å². The number of aromatic carboxylic acids is 1. The summed E-state index contributed by atoms with van der Waals surface area (Å²) >= 11 is 0. The summed E-state index contributed by atoms with van der Waals surface area (Å²) in [5, 5.41) is 9.14. The molecule has 0 amide bonds. The van der Waals surface area contributed by atoms with E-state index in [4.69, 9.17) is 5.11 Å². The standard InChI is InChI=1S/C12H17NO3/c1-4-6-10-9(7-14)8(3)11(12(15)16)13(10)5-2/h7H,4-6H2,1-3H3,(H,15,16). The molecule has 16 heavy (non-hydrogen) atoms. The van der Waals surface area contributed by atoms with Crippen molar-refractivity contribution >= 4 is 12.3 Å². The summed E-state index contributed by atoms with van der Waals surface area (Å²) < 4.78 is 1.73. The minimum Gasteiger partial charge on any atom is -0.477 e. The van der Waals surface area contributed by atoms with Crippen LogP contribution in [0.15, 0.2) is 0 Å². The molecule has 0 saturated heterocycles. The number of carboxylic acid groups (broad SMARTS) is 1. The molecular formula is C12H17NO3. The van der Waals surface area contributed by atoms with Crippen molar-refractivity contribution < 1.29 is 14.7 Å². The third kappa shape index (κ3) is 1.87. The van der Waals surface area contributed by atoms with Gasteiger partial charge in [0.05, 0.1) is 0 Å². The van der Waals surface area contributed by atoms with Gasteiger partial charge in [-0.05, 0) is 25.8 Å². The average Bonchev–Trinajstić information content (AvgIpc) is 2.51. The number of hydrogen-bond acceptors (Lipinski definition) is 2. The normalized spacial score (nSPS) is 10.4. The van der Waals surface area contributed by atoms with Crippen molar-refractivity contribution in [3.8, 4) is 0 Å². The first kappa shape index (κ1) is 12.5. The molecule has 1 rings (SSSR count). The van der Waals surface area contributed by atoms with Crippen LogP contribution in [-0.4, -0.2) is 21.9 Å². The molecule has 0 aromatic carbocycles. The quantitative estimate of drug-likeness (QED) is 0.779. The summed E-state index contributed by atoms with van der Waals surface area (Å²) in [6, 6.07) is 0. The van der Waals surface area contributed by atoms with Gasteiger partial charge in [-0.2, -0.15) is 0 Å². The Labute approximate surface area is 94.9 Å². The van der Waals surface area contributed by atoms with E-state index in [1.54, 1.807) is 11.5 Å². The van der Waals surface area contributed by atoms with Crippen LogP contribution in [-0.2, 0) is 13.0 Å². The van der Waals surface area contributed by atoms with E-state index in [0.29, 0.717) is 17.7 Å². The fourth-order valence-electron chi connectivity index (χ4n) is 2.11. The van der Waals surface area contributed by atoms with Gasteiger partial charge in [-0.15, -0.1) is 0 Å². The summed E-state index contributed by atoms with van der Waals surface area (Å²) in [6.45, 7) is 6.17. The number of nitrogens with zero attached hydrogens (tertiary/aromatic N) is 1. The van der Waals surface area contributed by atoms with Gasteiger partial charge in [0.25, 0.3) is 0 Å². The van der Waals surface area contributed by atoms with E-state index in [1.165, 1.54) is 0 Å². The Morgan fingerprint density at radius 3 is 2.44 bits per heavy atom. The highest BCUT2D eigenvalue weighted by Crippen LogP contribution is 2.22. The van der Waals surface area contributed by atoms with E-state index in [0.717, 1.165) is 24.8 Å². The van der Waals surface area contributed by atoms with E-state index in [9.17, 15) is 9.59 Å². The summed E-state index contributed by atoms with van der Waals surface area (Å²) in [5.74, 6) is -0.968. The monoisotopic (exact) mass is 223 g/mol. The second-order valence-electron chi connectivity index (χ2n) is 3.75. The number of aldehydes is 1. The minimum atomic E-state index is -0.968. The maximum Gasteiger partial charge on any atom is 0.352 e. The first-order chi connectivity index (χ1) is 7.58. The molecule has 0 fully saturated rings. The molecule has 0 spiro atoms. The molecule has 0 aliphatic heterocycles. The van der Waals surface area contributed by atoms with E-state index < -0.39 is 5.97 Å². The Kier molecular flexibility index (Phi) is 3.88. The van der Waals surface area contributed by atoms with Crippen LogP contribution in [0, 0.1) is 6.92 Å². The van der Waals surface area contributed by atoms with E-state index in [1.807, 2.05) is 13.8 Å². The predicted octanol–water partition coefficient (Wildman–Crippen LogP) is 2.28. The van der Waals surface area contributed by atoms with Gasteiger partial charge in [0.15, 0.2) is 6.29 Å². The van der Waals surface area contributed by atoms with Crippen LogP contribution in [0.25, 0.3) is 0 Å². The van der Waals surface area contributed by atoms with Crippen LogP contribution in [0.5, 0.6) is 0 Å². The molecular weight excluding hydrogens is 206 g/mol. The second-order valence-corrected chi connectivity index (χ2v) is 3.75. The first-order valence-corrected chi connectivity index (χ1v) is 5.48. The summed E-state index contributed by atoms with van der Waals surface area (Å²) in [5.41, 5.74) is 2.21. The van der Waals surface area contributed by atoms with Gasteiger partial charge in [-0.1, -0.05) is 13.3 Å². The molecule has 0 unspecified atom stereocenters. The van der Waals surface area contributed by atoms with Gasteiger partial charge in [-0.25, -0.2) is 4.79 Å². The van der Waals surface area contributed by atoms with Gasteiger partial charge in [0.1, 0.15) is 5.69 Å². The minimum absolute atomic E-state index is 0.244. The van der Waals surface area contributed by atoms with Crippen LogP contribution in [0.1, 0.15) is 52.4 Å². The highest BCUT2D eigenvalue weighted by atomic mass is 16.4. The van der Waals surface area contributed by atoms with Crippen molar-refractivity contribution in [2.24, 2.45) is 0 Å². The number of hydrogen-bond donors (Lipinski definition) is 1. The van der Waals surface area contributed by atoms with Crippen LogP contribution < -0.4 is 0 Å². The molecule has 0 aliphatic rings. The lowest BCUT2D eigenvalue weighted by atomic mass is 10.1. The number of rotatable bonds is 5. The number of carbonyl (C=O) groups is 2. The molecule has 0 atom stereocenters. The van der Waals surface area contributed by atoms with Crippen LogP contribution >= 0.6 is 0 Å². The third-order valence-corrected chi connectivity index (χ3v) is 2.79. The first-order valence-electron chi connectivity index (χ1n) is 5.48. The van der Waals surface area contributed by atoms with Crippen molar-refractivity contribution in [2.45, 2.75) is 40.2 Å². The SMILES string of the molecule is CCCc1c(C=O)c(C)c(C(=O)O)n1CC.